The first-order valence-electron chi connectivity index (χ1n) is 5.78. The Morgan fingerprint density at radius 1 is 1.47 bits per heavy atom. The summed E-state index contributed by atoms with van der Waals surface area (Å²) in [6.45, 7) is 0. The lowest BCUT2D eigenvalue weighted by Gasteiger charge is -2.28. The lowest BCUT2D eigenvalue weighted by atomic mass is 9.92. The first-order chi connectivity index (χ1) is 8.18. The molecule has 1 amide bonds. The third kappa shape index (κ3) is 2.96. The van der Waals surface area contributed by atoms with Crippen molar-refractivity contribution in [3.63, 3.8) is 0 Å². The van der Waals surface area contributed by atoms with E-state index in [0.29, 0.717) is 5.56 Å². The largest absolute Gasteiger partial charge is 0.391 e. The summed E-state index contributed by atoms with van der Waals surface area (Å²) in [4.78, 5) is 15.8. The molecule has 1 aliphatic rings. The summed E-state index contributed by atoms with van der Waals surface area (Å²) in [5.41, 5.74) is 0.354. The summed E-state index contributed by atoms with van der Waals surface area (Å²) in [5.74, 6) is -0.269. The van der Waals surface area contributed by atoms with Crippen LogP contribution in [0.25, 0.3) is 0 Å². The van der Waals surface area contributed by atoms with Crippen molar-refractivity contribution in [2.24, 2.45) is 0 Å². The zero-order valence-corrected chi connectivity index (χ0v) is 10.2. The number of hydrogen-bond acceptors (Lipinski definition) is 3. The molecule has 2 atom stereocenters. The molecule has 0 radical (unpaired) electrons. The van der Waals surface area contributed by atoms with Crippen LogP contribution in [0.2, 0.25) is 5.15 Å². The van der Waals surface area contributed by atoms with Crippen molar-refractivity contribution >= 4 is 17.5 Å². The maximum Gasteiger partial charge on any atom is 0.254 e. The minimum Gasteiger partial charge on any atom is -0.391 e. The van der Waals surface area contributed by atoms with Crippen molar-refractivity contribution in [1.82, 2.24) is 10.3 Å². The highest BCUT2D eigenvalue weighted by molar-refractivity contribution is 6.32. The molecule has 1 fully saturated rings. The maximum atomic E-state index is 11.9. The molecule has 4 nitrogen and oxygen atoms in total. The molecule has 1 saturated carbocycles. The van der Waals surface area contributed by atoms with Crippen LogP contribution < -0.4 is 5.32 Å². The van der Waals surface area contributed by atoms with Crippen LogP contribution in [0.15, 0.2) is 18.3 Å². The Morgan fingerprint density at radius 2 is 2.24 bits per heavy atom. The van der Waals surface area contributed by atoms with E-state index in [1.165, 1.54) is 6.20 Å². The molecule has 5 heteroatoms. The molecule has 1 aromatic rings. The van der Waals surface area contributed by atoms with E-state index >= 15 is 0 Å². The first-order valence-corrected chi connectivity index (χ1v) is 6.15. The minimum atomic E-state index is -0.455. The average Bonchev–Trinajstić information content (AvgIpc) is 2.32. The number of halogens is 1. The first kappa shape index (κ1) is 12.3. The summed E-state index contributed by atoms with van der Waals surface area (Å²) in [6.07, 6.45) is 4.68. The zero-order valence-electron chi connectivity index (χ0n) is 9.40. The maximum absolute atomic E-state index is 11.9. The van der Waals surface area contributed by atoms with Gasteiger partial charge in [0.2, 0.25) is 0 Å². The molecular weight excluding hydrogens is 240 g/mol. The third-order valence-corrected chi connectivity index (χ3v) is 3.35. The summed E-state index contributed by atoms with van der Waals surface area (Å²) in [6, 6.07) is 3.12. The smallest absolute Gasteiger partial charge is 0.254 e. The standard InChI is InChI=1S/C12H15ClN2O2/c13-11-8(4-3-7-14-11)12(17)15-9-5-1-2-6-10(9)16/h3-4,7,9-10,16H,1-2,5-6H2,(H,15,17)/t9-,10-/m1/s1. The molecule has 92 valence electrons. The van der Waals surface area contributed by atoms with E-state index < -0.39 is 6.10 Å². The van der Waals surface area contributed by atoms with Gasteiger partial charge in [-0.3, -0.25) is 4.79 Å². The lowest BCUT2D eigenvalue weighted by molar-refractivity contribution is 0.0717. The SMILES string of the molecule is O=C(N[C@@H]1CCCC[C@H]1O)c1cccnc1Cl. The molecule has 0 unspecified atom stereocenters. The molecule has 1 aromatic heterocycles. The Balaban J connectivity index is 2.04. The molecule has 1 heterocycles. The van der Waals surface area contributed by atoms with Crippen LogP contribution in [0.3, 0.4) is 0 Å². The fourth-order valence-corrected chi connectivity index (χ4v) is 2.29. The number of aromatic nitrogens is 1. The molecule has 0 aliphatic heterocycles. The third-order valence-electron chi connectivity index (χ3n) is 3.05. The van der Waals surface area contributed by atoms with Gasteiger partial charge < -0.3 is 10.4 Å². The Kier molecular flexibility index (Phi) is 3.97. The van der Waals surface area contributed by atoms with Crippen molar-refractivity contribution < 1.29 is 9.90 Å². The molecule has 2 N–H and O–H groups in total. The normalized spacial score (nSPS) is 24.4. The zero-order chi connectivity index (χ0) is 12.3. The van der Waals surface area contributed by atoms with Crippen molar-refractivity contribution in [3.8, 4) is 0 Å². The molecule has 0 aromatic carbocycles. The fourth-order valence-electron chi connectivity index (χ4n) is 2.08. The number of aliphatic hydroxyl groups is 1. The quantitative estimate of drug-likeness (QED) is 0.791. The number of aliphatic hydroxyl groups excluding tert-OH is 1. The van der Waals surface area contributed by atoms with Crippen molar-refractivity contribution in [2.75, 3.05) is 0 Å². The van der Waals surface area contributed by atoms with E-state index in [0.717, 1.165) is 25.7 Å². The minimum absolute atomic E-state index is 0.174. The Labute approximate surface area is 105 Å². The average molecular weight is 255 g/mol. The van der Waals surface area contributed by atoms with Crippen molar-refractivity contribution in [3.05, 3.63) is 29.0 Å². The number of carbonyl (C=O) groups is 1. The van der Waals surface area contributed by atoms with E-state index in [2.05, 4.69) is 10.3 Å². The van der Waals surface area contributed by atoms with E-state index in [1.54, 1.807) is 12.1 Å². The van der Waals surface area contributed by atoms with Crippen molar-refractivity contribution in [2.45, 2.75) is 37.8 Å². The van der Waals surface area contributed by atoms with Gasteiger partial charge in [-0.05, 0) is 25.0 Å². The highest BCUT2D eigenvalue weighted by atomic mass is 35.5. The van der Waals surface area contributed by atoms with Crippen LogP contribution >= 0.6 is 11.6 Å². The molecule has 0 spiro atoms. The van der Waals surface area contributed by atoms with E-state index in [9.17, 15) is 9.90 Å². The van der Waals surface area contributed by atoms with Gasteiger partial charge in [-0.15, -0.1) is 0 Å². The number of carbonyl (C=O) groups excluding carboxylic acids is 1. The number of nitrogens with one attached hydrogen (secondary N) is 1. The number of nitrogens with zero attached hydrogens (tertiary/aromatic N) is 1. The summed E-state index contributed by atoms with van der Waals surface area (Å²) in [7, 11) is 0. The number of rotatable bonds is 2. The number of pyridine rings is 1. The second-order valence-electron chi connectivity index (χ2n) is 4.27. The van der Waals surface area contributed by atoms with Gasteiger partial charge in [0.25, 0.3) is 5.91 Å². The van der Waals surface area contributed by atoms with Gasteiger partial charge in [0.15, 0.2) is 0 Å². The van der Waals surface area contributed by atoms with Crippen LogP contribution in [0.5, 0.6) is 0 Å². The molecule has 2 rings (SSSR count). The van der Waals surface area contributed by atoms with Gasteiger partial charge in [-0.2, -0.15) is 0 Å². The van der Waals surface area contributed by atoms with E-state index in [1.807, 2.05) is 0 Å². The fraction of sp³-hybridized carbons (Fsp3) is 0.500. The van der Waals surface area contributed by atoms with Gasteiger partial charge in [-0.1, -0.05) is 24.4 Å². The monoisotopic (exact) mass is 254 g/mol. The Bertz CT molecular complexity index is 411. The summed E-state index contributed by atoms with van der Waals surface area (Å²) >= 11 is 5.84. The van der Waals surface area contributed by atoms with Crippen LogP contribution in [0.4, 0.5) is 0 Å². The Morgan fingerprint density at radius 3 is 2.94 bits per heavy atom. The predicted octanol–water partition coefficient (Wildman–Crippen LogP) is 1.77. The van der Waals surface area contributed by atoms with E-state index in [-0.39, 0.29) is 17.1 Å². The Hall–Kier alpha value is -1.13. The lowest BCUT2D eigenvalue weighted by Crippen LogP contribution is -2.45. The van der Waals surface area contributed by atoms with Crippen molar-refractivity contribution in [1.29, 1.82) is 0 Å². The summed E-state index contributed by atoms with van der Waals surface area (Å²) < 4.78 is 0. The number of amides is 1. The second kappa shape index (κ2) is 5.47. The van der Waals surface area contributed by atoms with Gasteiger partial charge in [0.1, 0.15) is 5.15 Å². The second-order valence-corrected chi connectivity index (χ2v) is 4.63. The van der Waals surface area contributed by atoms with Gasteiger partial charge in [0, 0.05) is 6.20 Å². The van der Waals surface area contributed by atoms with Crippen LogP contribution in [0, 0.1) is 0 Å². The molecule has 0 bridgehead atoms. The van der Waals surface area contributed by atoms with Crippen LogP contribution in [0.1, 0.15) is 36.0 Å². The van der Waals surface area contributed by atoms with Gasteiger partial charge in [-0.25, -0.2) is 4.98 Å². The predicted molar refractivity (Wildman–Crippen MR) is 65.0 cm³/mol. The van der Waals surface area contributed by atoms with E-state index in [4.69, 9.17) is 11.6 Å². The highest BCUT2D eigenvalue weighted by Crippen LogP contribution is 2.19. The summed E-state index contributed by atoms with van der Waals surface area (Å²) in [5, 5.41) is 12.8. The molecular formula is C12H15ClN2O2. The number of hydrogen-bond donors (Lipinski definition) is 2. The highest BCUT2D eigenvalue weighted by Gasteiger charge is 2.25. The van der Waals surface area contributed by atoms with Gasteiger partial charge >= 0.3 is 0 Å². The van der Waals surface area contributed by atoms with Crippen LogP contribution in [-0.2, 0) is 0 Å². The molecule has 17 heavy (non-hydrogen) atoms. The topological polar surface area (TPSA) is 62.2 Å². The molecule has 1 aliphatic carbocycles. The molecule has 0 saturated heterocycles. The van der Waals surface area contributed by atoms with Gasteiger partial charge in [0.05, 0.1) is 17.7 Å². The van der Waals surface area contributed by atoms with Crippen LogP contribution in [-0.4, -0.2) is 28.1 Å².